The van der Waals surface area contributed by atoms with Gasteiger partial charge in [-0.1, -0.05) is 25.0 Å². The smallest absolute Gasteiger partial charge is 0.0599 e. The van der Waals surface area contributed by atoms with Crippen LogP contribution in [0.15, 0.2) is 24.3 Å². The van der Waals surface area contributed by atoms with Crippen molar-refractivity contribution in [2.75, 3.05) is 25.4 Å². The quantitative estimate of drug-likeness (QED) is 0.583. The topological polar surface area (TPSA) is 29.3 Å². The first-order chi connectivity index (χ1) is 7.76. The third-order valence-corrected chi connectivity index (χ3v) is 2.55. The summed E-state index contributed by atoms with van der Waals surface area (Å²) in [6.45, 7) is 5.00. The fourth-order valence-electron chi connectivity index (χ4n) is 1.69. The van der Waals surface area contributed by atoms with Gasteiger partial charge in [0, 0.05) is 12.2 Å². The Morgan fingerprint density at radius 2 is 1.94 bits per heavy atom. The lowest BCUT2D eigenvalue weighted by molar-refractivity contribution is 0.311. The summed E-state index contributed by atoms with van der Waals surface area (Å²) in [5.74, 6) is 2.70. The molecular weight excluding hydrogens is 196 g/mol. The Morgan fingerprint density at radius 1 is 1.25 bits per heavy atom. The van der Waals surface area contributed by atoms with Crippen molar-refractivity contribution >= 4 is 5.69 Å². The van der Waals surface area contributed by atoms with Crippen LogP contribution in [0.25, 0.3) is 0 Å². The highest BCUT2D eigenvalue weighted by atomic mass is 15.1. The first kappa shape index (κ1) is 12.6. The summed E-state index contributed by atoms with van der Waals surface area (Å²) < 4.78 is 0. The molecule has 0 aliphatic rings. The van der Waals surface area contributed by atoms with Gasteiger partial charge >= 0.3 is 0 Å². The molecule has 0 saturated heterocycles. The number of terminal acetylenes is 1. The molecule has 1 aromatic rings. The summed E-state index contributed by atoms with van der Waals surface area (Å²) in [5.41, 5.74) is 7.77. The standard InChI is InChI=1S/C14H20N2/c1-3-10-16(11-4-2)12-9-13-5-7-14(15)8-6-13/h1,5-8H,4,9-12,15H2,2H3. The average Bonchev–Trinajstić information content (AvgIpc) is 2.29. The van der Waals surface area contributed by atoms with Crippen LogP contribution in [0.3, 0.4) is 0 Å². The SMILES string of the molecule is C#CCN(CCC)CCc1ccc(N)cc1. The van der Waals surface area contributed by atoms with Gasteiger partial charge in [0.15, 0.2) is 0 Å². The number of nitrogens with zero attached hydrogens (tertiary/aromatic N) is 1. The Bertz CT molecular complexity index is 335. The van der Waals surface area contributed by atoms with Crippen molar-refractivity contribution in [1.29, 1.82) is 0 Å². The van der Waals surface area contributed by atoms with E-state index in [1.165, 1.54) is 5.56 Å². The molecular formula is C14H20N2. The van der Waals surface area contributed by atoms with Crippen molar-refractivity contribution in [3.05, 3.63) is 29.8 Å². The summed E-state index contributed by atoms with van der Waals surface area (Å²) in [5, 5.41) is 0. The molecule has 1 aromatic carbocycles. The molecule has 0 heterocycles. The van der Waals surface area contributed by atoms with Crippen molar-refractivity contribution < 1.29 is 0 Å². The molecule has 0 aliphatic heterocycles. The van der Waals surface area contributed by atoms with E-state index < -0.39 is 0 Å². The Balaban J connectivity index is 2.42. The summed E-state index contributed by atoms with van der Waals surface area (Å²) >= 11 is 0. The molecule has 0 aliphatic carbocycles. The zero-order chi connectivity index (χ0) is 11.8. The van der Waals surface area contributed by atoms with Crippen molar-refractivity contribution in [2.24, 2.45) is 0 Å². The molecule has 16 heavy (non-hydrogen) atoms. The minimum absolute atomic E-state index is 0.739. The van der Waals surface area contributed by atoms with Crippen LogP contribution in [0.5, 0.6) is 0 Å². The molecule has 0 spiro atoms. The minimum Gasteiger partial charge on any atom is -0.399 e. The number of benzene rings is 1. The van der Waals surface area contributed by atoms with Crippen LogP contribution in [0.2, 0.25) is 0 Å². The summed E-state index contributed by atoms with van der Waals surface area (Å²) in [4.78, 5) is 2.30. The second-order valence-corrected chi connectivity index (χ2v) is 3.97. The highest BCUT2D eigenvalue weighted by Crippen LogP contribution is 2.06. The predicted octanol–water partition coefficient (Wildman–Crippen LogP) is 2.16. The van der Waals surface area contributed by atoms with Crippen LogP contribution in [0.4, 0.5) is 5.69 Å². The van der Waals surface area contributed by atoms with Gasteiger partial charge in [-0.15, -0.1) is 6.42 Å². The highest BCUT2D eigenvalue weighted by molar-refractivity contribution is 5.39. The van der Waals surface area contributed by atoms with Gasteiger partial charge in [0.25, 0.3) is 0 Å². The Labute approximate surface area is 98.4 Å². The summed E-state index contributed by atoms with van der Waals surface area (Å²) in [6, 6.07) is 8.05. The van der Waals surface area contributed by atoms with Crippen LogP contribution in [-0.4, -0.2) is 24.5 Å². The zero-order valence-electron chi connectivity index (χ0n) is 9.95. The molecule has 0 bridgehead atoms. The Hall–Kier alpha value is -1.46. The van der Waals surface area contributed by atoms with Gasteiger partial charge in [-0.3, -0.25) is 4.90 Å². The van der Waals surface area contributed by atoms with Gasteiger partial charge in [0.1, 0.15) is 0 Å². The van der Waals surface area contributed by atoms with E-state index in [-0.39, 0.29) is 0 Å². The molecule has 0 amide bonds. The molecule has 1 rings (SSSR count). The van der Waals surface area contributed by atoms with Crippen LogP contribution >= 0.6 is 0 Å². The van der Waals surface area contributed by atoms with Gasteiger partial charge in [-0.25, -0.2) is 0 Å². The van der Waals surface area contributed by atoms with Gasteiger partial charge in [0.05, 0.1) is 6.54 Å². The van der Waals surface area contributed by atoms with Crippen LogP contribution < -0.4 is 5.73 Å². The molecule has 0 unspecified atom stereocenters. The average molecular weight is 216 g/mol. The van der Waals surface area contributed by atoms with Gasteiger partial charge in [-0.2, -0.15) is 0 Å². The molecule has 2 nitrogen and oxygen atoms in total. The van der Waals surface area contributed by atoms with E-state index in [9.17, 15) is 0 Å². The van der Waals surface area contributed by atoms with Gasteiger partial charge in [0.2, 0.25) is 0 Å². The monoisotopic (exact) mass is 216 g/mol. The maximum atomic E-state index is 5.64. The van der Waals surface area contributed by atoms with Crippen LogP contribution in [0, 0.1) is 12.3 Å². The minimum atomic E-state index is 0.739. The molecule has 2 heteroatoms. The van der Waals surface area contributed by atoms with Crippen molar-refractivity contribution in [3.8, 4) is 12.3 Å². The maximum Gasteiger partial charge on any atom is 0.0599 e. The van der Waals surface area contributed by atoms with Crippen molar-refractivity contribution in [3.63, 3.8) is 0 Å². The van der Waals surface area contributed by atoms with Crippen molar-refractivity contribution in [2.45, 2.75) is 19.8 Å². The summed E-state index contributed by atoms with van der Waals surface area (Å²) in [7, 11) is 0. The van der Waals surface area contributed by atoms with E-state index in [1.54, 1.807) is 0 Å². The maximum absolute atomic E-state index is 5.64. The third-order valence-electron chi connectivity index (χ3n) is 2.55. The fourth-order valence-corrected chi connectivity index (χ4v) is 1.69. The second kappa shape index (κ2) is 6.92. The second-order valence-electron chi connectivity index (χ2n) is 3.97. The largest absolute Gasteiger partial charge is 0.399 e. The number of nitrogen functional groups attached to an aromatic ring is 1. The van der Waals surface area contributed by atoms with Crippen molar-refractivity contribution in [1.82, 2.24) is 4.90 Å². The summed E-state index contributed by atoms with van der Waals surface area (Å²) in [6.07, 6.45) is 7.51. The Morgan fingerprint density at radius 3 is 2.50 bits per heavy atom. The first-order valence-electron chi connectivity index (χ1n) is 5.76. The molecule has 0 fully saturated rings. The van der Waals surface area contributed by atoms with E-state index in [2.05, 4.69) is 29.9 Å². The lowest BCUT2D eigenvalue weighted by atomic mass is 10.1. The van der Waals surface area contributed by atoms with E-state index in [4.69, 9.17) is 12.2 Å². The van der Waals surface area contributed by atoms with E-state index in [1.807, 2.05) is 12.1 Å². The third kappa shape index (κ3) is 4.37. The fraction of sp³-hybridized carbons (Fsp3) is 0.429. The molecule has 0 aromatic heterocycles. The predicted molar refractivity (Wildman–Crippen MR) is 70.1 cm³/mol. The first-order valence-corrected chi connectivity index (χ1v) is 5.76. The van der Waals surface area contributed by atoms with E-state index >= 15 is 0 Å². The molecule has 0 radical (unpaired) electrons. The molecule has 2 N–H and O–H groups in total. The number of hydrogen-bond donors (Lipinski definition) is 1. The molecule has 86 valence electrons. The lowest BCUT2D eigenvalue weighted by Crippen LogP contribution is -2.27. The van der Waals surface area contributed by atoms with Crippen LogP contribution in [-0.2, 0) is 6.42 Å². The van der Waals surface area contributed by atoms with E-state index in [0.717, 1.165) is 38.2 Å². The zero-order valence-corrected chi connectivity index (χ0v) is 9.95. The van der Waals surface area contributed by atoms with Crippen LogP contribution in [0.1, 0.15) is 18.9 Å². The Kier molecular flexibility index (Phi) is 5.45. The van der Waals surface area contributed by atoms with E-state index in [0.29, 0.717) is 0 Å². The highest BCUT2D eigenvalue weighted by Gasteiger charge is 2.02. The lowest BCUT2D eigenvalue weighted by Gasteiger charge is -2.18. The van der Waals surface area contributed by atoms with Gasteiger partial charge < -0.3 is 5.73 Å². The number of nitrogens with two attached hydrogens (primary N) is 1. The van der Waals surface area contributed by atoms with Gasteiger partial charge in [-0.05, 0) is 37.1 Å². The number of anilines is 1. The normalized spacial score (nSPS) is 10.3. The number of hydrogen-bond acceptors (Lipinski definition) is 2. The molecule has 0 saturated carbocycles. The number of rotatable bonds is 6. The molecule has 0 atom stereocenters.